The molecule has 19 nitrogen and oxygen atoms in total. The van der Waals surface area contributed by atoms with Crippen molar-refractivity contribution in [1.29, 1.82) is 0 Å². The van der Waals surface area contributed by atoms with Crippen molar-refractivity contribution in [2.24, 2.45) is 0 Å². The fraction of sp³-hybridized carbons (Fsp3) is 0.531. The quantitative estimate of drug-likeness (QED) is 0.0753. The molecule has 20 heteroatoms. The van der Waals surface area contributed by atoms with Crippen molar-refractivity contribution in [3.05, 3.63) is 36.4 Å². The molecule has 0 unspecified atom stereocenters. The average Bonchev–Trinajstić information content (AvgIpc) is 3.09. The third-order valence-corrected chi connectivity index (χ3v) is 8.92. The van der Waals surface area contributed by atoms with Gasteiger partial charge in [0.05, 0.1) is 30.9 Å². The minimum Gasteiger partial charge on any atom is -1.00 e. The van der Waals surface area contributed by atoms with Crippen LogP contribution in [0, 0.1) is 0 Å². The minimum absolute atomic E-state index is 0. The van der Waals surface area contributed by atoms with Crippen molar-refractivity contribution in [3.63, 3.8) is 0 Å². The highest BCUT2D eigenvalue weighted by Gasteiger charge is 2.51. The lowest BCUT2D eigenvalue weighted by Crippen LogP contribution is -3.00. The van der Waals surface area contributed by atoms with Crippen molar-refractivity contribution in [3.8, 4) is 40.1 Å². The Balaban J connectivity index is 0.00000523. The van der Waals surface area contributed by atoms with Crippen LogP contribution < -0.4 is 17.1 Å². The van der Waals surface area contributed by atoms with E-state index < -0.39 is 116 Å². The van der Waals surface area contributed by atoms with Gasteiger partial charge in [0, 0.05) is 18.2 Å². The molecule has 52 heavy (non-hydrogen) atoms. The largest absolute Gasteiger partial charge is 1.00 e. The highest BCUT2D eigenvalue weighted by Crippen LogP contribution is 2.42. The Labute approximate surface area is 300 Å². The zero-order valence-corrected chi connectivity index (χ0v) is 27.8. The standard InChI is InChI=1S/C32H38O19.ClH/c1-10-21(38)24(41)27(44)30(47-10)46-9-20-23(40)25(42)29(51-31-26(43)22(39)17(37)8-45-31)32(50-20)49-19-7-13-15(35)5-12(33)6-18(13)48-28(19)11-2-3-14(34)16(36)4-11;/h2-7,10,17,20-27,29-32,37-44H,8-9H2,1H3,(H3-,33,34,35,36);1H/t10-,17+,20+,21-,22-,23+,24+,25-,26+,27+,29+,30+,31-,32+;/m0./s1. The Kier molecular flexibility index (Phi) is 12.2. The molecule has 0 saturated carbocycles. The number of hydrogen-bond donors (Lipinski definition) is 12. The van der Waals surface area contributed by atoms with Crippen molar-refractivity contribution in [2.45, 2.75) is 92.9 Å². The number of hydrogen-bond acceptors (Lipinski definition) is 18. The first-order valence-electron chi connectivity index (χ1n) is 15.8. The summed E-state index contributed by atoms with van der Waals surface area (Å²) in [6.07, 6.45) is -22.8. The summed E-state index contributed by atoms with van der Waals surface area (Å²) in [6, 6.07) is 7.04. The summed E-state index contributed by atoms with van der Waals surface area (Å²) in [6.45, 7) is 0.328. The lowest BCUT2D eigenvalue weighted by molar-refractivity contribution is -0.352. The molecule has 2 aromatic carbocycles. The summed E-state index contributed by atoms with van der Waals surface area (Å²) in [5.74, 6) is -2.26. The Morgan fingerprint density at radius 2 is 1.42 bits per heavy atom. The third-order valence-electron chi connectivity index (χ3n) is 8.92. The molecule has 3 aliphatic rings. The molecule has 3 aliphatic heterocycles. The SMILES string of the molecule is C[C@@H]1O[C@@H](OC[C@H]2O[C@@H](Oc3cc4c(O)cc(O)cc4[o+]c3-c3ccc(O)c(O)c3)[C@H](O[C@@H]3OC[C@@H](O)[C@H](O)[C@H]3O)[C@@H](O)[C@@H]2O)[C@H](O)[C@H](O)[C@H]1O.[Cl-]. The number of ether oxygens (including phenoxy) is 6. The Hall–Kier alpha value is -3.38. The monoisotopic (exact) mass is 762 g/mol. The molecule has 1 aromatic heterocycles. The molecule has 0 bridgehead atoms. The van der Waals surface area contributed by atoms with Gasteiger partial charge >= 0.3 is 11.3 Å². The maximum Gasteiger partial charge on any atom is 0.402 e. The van der Waals surface area contributed by atoms with E-state index in [9.17, 15) is 61.3 Å². The van der Waals surface area contributed by atoms with Crippen molar-refractivity contribution in [1.82, 2.24) is 0 Å². The van der Waals surface area contributed by atoms with E-state index >= 15 is 0 Å². The van der Waals surface area contributed by atoms with Crippen LogP contribution in [0.2, 0.25) is 0 Å². The van der Waals surface area contributed by atoms with Gasteiger partial charge in [-0.1, -0.05) is 0 Å². The second-order valence-corrected chi connectivity index (χ2v) is 12.5. The van der Waals surface area contributed by atoms with Gasteiger partial charge in [-0.3, -0.25) is 0 Å². The highest BCUT2D eigenvalue weighted by atomic mass is 35.5. The Bertz CT molecular complexity index is 1700. The molecule has 4 heterocycles. The molecule has 6 rings (SSSR count). The lowest BCUT2D eigenvalue weighted by atomic mass is 9.98. The van der Waals surface area contributed by atoms with E-state index in [1.807, 2.05) is 0 Å². The fourth-order valence-electron chi connectivity index (χ4n) is 5.94. The molecule has 0 spiro atoms. The number of fused-ring (bicyclic) bond motifs is 1. The van der Waals surface area contributed by atoms with Crippen molar-refractivity contribution >= 4 is 11.0 Å². The van der Waals surface area contributed by atoms with E-state index in [-0.39, 0.29) is 46.2 Å². The van der Waals surface area contributed by atoms with Crippen LogP contribution in [0.3, 0.4) is 0 Å². The van der Waals surface area contributed by atoms with Gasteiger partial charge in [-0.15, -0.1) is 0 Å². The van der Waals surface area contributed by atoms with Crippen molar-refractivity contribution in [2.75, 3.05) is 13.2 Å². The predicted molar refractivity (Wildman–Crippen MR) is 165 cm³/mol. The summed E-state index contributed by atoms with van der Waals surface area (Å²) >= 11 is 0. The molecule has 0 radical (unpaired) electrons. The van der Waals surface area contributed by atoms with Crippen LogP contribution in [-0.2, 0) is 23.7 Å². The molecule has 3 fully saturated rings. The molecule has 14 atom stereocenters. The number of halogens is 1. The van der Waals surface area contributed by atoms with Gasteiger partial charge in [-0.2, -0.15) is 0 Å². The molecule has 3 aromatic rings. The predicted octanol–water partition coefficient (Wildman–Crippen LogP) is -5.30. The van der Waals surface area contributed by atoms with Gasteiger partial charge in [-0.05, 0) is 19.1 Å². The van der Waals surface area contributed by atoms with Gasteiger partial charge < -0.3 is 102 Å². The van der Waals surface area contributed by atoms with E-state index in [0.717, 1.165) is 18.2 Å². The number of aliphatic hydroxyl groups is 8. The summed E-state index contributed by atoms with van der Waals surface area (Å²) in [5.41, 5.74) is 0.0422. The number of aliphatic hydroxyl groups excluding tert-OH is 8. The highest BCUT2D eigenvalue weighted by molar-refractivity contribution is 5.88. The number of phenolic OH excluding ortho intramolecular Hbond substituents is 4. The van der Waals surface area contributed by atoms with Gasteiger partial charge in [0.25, 0.3) is 0 Å². The first-order chi connectivity index (χ1) is 24.1. The molecular formula is C32H39ClO19. The normalized spacial score (nSPS) is 36.6. The maximum atomic E-state index is 11.4. The Morgan fingerprint density at radius 1 is 0.712 bits per heavy atom. The first kappa shape index (κ1) is 39.8. The van der Waals surface area contributed by atoms with E-state index in [2.05, 4.69) is 0 Å². The topological polar surface area (TPSA) is 309 Å². The summed E-state index contributed by atoms with van der Waals surface area (Å²) in [7, 11) is 0. The Morgan fingerprint density at radius 3 is 2.13 bits per heavy atom. The van der Waals surface area contributed by atoms with Crippen LogP contribution in [-0.4, -0.2) is 161 Å². The molecule has 12 N–H and O–H groups in total. The van der Waals surface area contributed by atoms with Crippen LogP contribution >= 0.6 is 0 Å². The van der Waals surface area contributed by atoms with Gasteiger partial charge in [-0.25, -0.2) is 4.42 Å². The summed E-state index contributed by atoms with van der Waals surface area (Å²) in [4.78, 5) is 0. The second-order valence-electron chi connectivity index (χ2n) is 12.5. The number of rotatable bonds is 8. The second kappa shape index (κ2) is 15.9. The number of aromatic hydroxyl groups is 4. The van der Waals surface area contributed by atoms with Gasteiger partial charge in [0.15, 0.2) is 30.2 Å². The summed E-state index contributed by atoms with van der Waals surface area (Å²) in [5, 5.41) is 125. The van der Waals surface area contributed by atoms with E-state index in [1.54, 1.807) is 0 Å². The van der Waals surface area contributed by atoms with Gasteiger partial charge in [0.1, 0.15) is 71.8 Å². The number of phenols is 4. The smallest absolute Gasteiger partial charge is 0.402 e. The molecular weight excluding hydrogens is 724 g/mol. The molecule has 0 amide bonds. The minimum atomic E-state index is -1.93. The van der Waals surface area contributed by atoms with E-state index in [1.165, 1.54) is 25.1 Å². The van der Waals surface area contributed by atoms with Crippen molar-refractivity contribution < 1.29 is 107 Å². The average molecular weight is 763 g/mol. The van der Waals surface area contributed by atoms with Gasteiger partial charge in [0.2, 0.25) is 12.0 Å². The molecule has 3 saturated heterocycles. The first-order valence-corrected chi connectivity index (χ1v) is 15.8. The molecule has 0 aliphatic carbocycles. The van der Waals surface area contributed by atoms with Crippen LogP contribution in [0.25, 0.3) is 22.3 Å². The zero-order valence-electron chi connectivity index (χ0n) is 27.1. The van der Waals surface area contributed by atoms with E-state index in [4.69, 9.17) is 32.8 Å². The third kappa shape index (κ3) is 7.79. The summed E-state index contributed by atoms with van der Waals surface area (Å²) < 4.78 is 40.2. The van der Waals surface area contributed by atoms with Crippen LogP contribution in [0.15, 0.2) is 40.8 Å². The van der Waals surface area contributed by atoms with E-state index in [0.29, 0.717) is 0 Å². The lowest BCUT2D eigenvalue weighted by Gasteiger charge is -2.45. The zero-order chi connectivity index (χ0) is 36.9. The number of benzene rings is 2. The van der Waals surface area contributed by atoms with Crippen LogP contribution in [0.4, 0.5) is 0 Å². The fourth-order valence-corrected chi connectivity index (χ4v) is 5.94. The maximum absolute atomic E-state index is 11.4. The molecule has 288 valence electrons. The van der Waals surface area contributed by atoms with Crippen LogP contribution in [0.5, 0.6) is 28.7 Å². The van der Waals surface area contributed by atoms with Crippen LogP contribution in [0.1, 0.15) is 6.92 Å².